The molecule has 2 fully saturated rings. The third-order valence-electron chi connectivity index (χ3n) is 8.89. The first-order valence-electron chi connectivity index (χ1n) is 14.5. The number of phenolic OH excluding ortho intramolecular Hbond substituents is 1. The molecule has 2 heterocycles. The number of nitrogens with one attached hydrogen (secondary N) is 1. The minimum absolute atomic E-state index is 0.354. The van der Waals surface area contributed by atoms with E-state index in [0.717, 1.165) is 25.8 Å². The van der Waals surface area contributed by atoms with Gasteiger partial charge in [-0.3, -0.25) is 4.90 Å². The summed E-state index contributed by atoms with van der Waals surface area (Å²) >= 11 is 0. The van der Waals surface area contributed by atoms with Gasteiger partial charge in [0.15, 0.2) is 0 Å². The standard InChI is InChI=1S/C33H34N2O.C2H6/c1-22-6-2-3-8-28(22)30-9-4-7-23-18-27(36)11-12-29(23)32(30)24-10-13-31-25(16-24)17-26(34-31)19-35-20-33(21-35)14-5-15-33;1-2/h2-3,6,8,10-13,16-18,34,36H,4-5,7,9,14-15,19-21H2,1H3;1-2H3. The molecule has 38 heavy (non-hydrogen) atoms. The third-order valence-corrected chi connectivity index (χ3v) is 8.89. The Bertz CT molecular complexity index is 1500. The number of H-pyrrole nitrogens is 1. The zero-order valence-corrected chi connectivity index (χ0v) is 23.1. The van der Waals surface area contributed by atoms with Gasteiger partial charge in [0.1, 0.15) is 5.75 Å². The topological polar surface area (TPSA) is 39.3 Å². The van der Waals surface area contributed by atoms with Gasteiger partial charge in [-0.05, 0) is 114 Å². The Hall–Kier alpha value is -3.30. The minimum Gasteiger partial charge on any atom is -0.508 e. The Morgan fingerprint density at radius 2 is 1.68 bits per heavy atom. The highest BCUT2D eigenvalue weighted by Gasteiger charge is 2.46. The molecule has 1 aliphatic heterocycles. The van der Waals surface area contributed by atoms with Crippen molar-refractivity contribution in [2.75, 3.05) is 13.1 Å². The Morgan fingerprint density at radius 1 is 0.868 bits per heavy atom. The predicted octanol–water partition coefficient (Wildman–Crippen LogP) is 8.49. The molecule has 4 aromatic rings. The van der Waals surface area contributed by atoms with Crippen LogP contribution in [0.2, 0.25) is 0 Å². The fraction of sp³-hybridized carbons (Fsp3) is 0.371. The van der Waals surface area contributed by atoms with E-state index >= 15 is 0 Å². The molecular weight excluding hydrogens is 464 g/mol. The van der Waals surface area contributed by atoms with Crippen LogP contribution in [0.4, 0.5) is 0 Å². The van der Waals surface area contributed by atoms with Crippen LogP contribution in [0.1, 0.15) is 79.5 Å². The summed E-state index contributed by atoms with van der Waals surface area (Å²) in [7, 11) is 0. The maximum Gasteiger partial charge on any atom is 0.115 e. The molecule has 1 spiro atoms. The van der Waals surface area contributed by atoms with Crippen LogP contribution in [0.25, 0.3) is 22.0 Å². The zero-order valence-electron chi connectivity index (χ0n) is 23.1. The lowest BCUT2D eigenvalue weighted by atomic mass is 9.63. The lowest BCUT2D eigenvalue weighted by Gasteiger charge is -2.56. The largest absolute Gasteiger partial charge is 0.508 e. The van der Waals surface area contributed by atoms with Gasteiger partial charge in [0.25, 0.3) is 0 Å². The highest BCUT2D eigenvalue weighted by Crippen LogP contribution is 2.48. The van der Waals surface area contributed by atoms with Crippen LogP contribution in [-0.4, -0.2) is 28.1 Å². The van der Waals surface area contributed by atoms with Gasteiger partial charge in [0.2, 0.25) is 0 Å². The second-order valence-electron chi connectivity index (χ2n) is 11.5. The summed E-state index contributed by atoms with van der Waals surface area (Å²) in [6.45, 7) is 9.77. The summed E-state index contributed by atoms with van der Waals surface area (Å²) in [6, 6.07) is 24.0. The molecule has 1 aromatic heterocycles. The molecule has 0 radical (unpaired) electrons. The van der Waals surface area contributed by atoms with Gasteiger partial charge in [-0.25, -0.2) is 0 Å². The van der Waals surface area contributed by atoms with E-state index in [1.54, 1.807) is 0 Å². The number of aromatic amines is 1. The molecule has 2 aliphatic carbocycles. The summed E-state index contributed by atoms with van der Waals surface area (Å²) in [4.78, 5) is 6.28. The molecule has 7 rings (SSSR count). The van der Waals surface area contributed by atoms with Crippen LogP contribution in [0.5, 0.6) is 5.75 Å². The molecule has 3 aromatic carbocycles. The van der Waals surface area contributed by atoms with Gasteiger partial charge in [-0.2, -0.15) is 0 Å². The number of likely N-dealkylation sites (tertiary alicyclic amines) is 1. The van der Waals surface area contributed by atoms with Crippen molar-refractivity contribution in [1.82, 2.24) is 9.88 Å². The summed E-state index contributed by atoms with van der Waals surface area (Å²) in [5.74, 6) is 0.354. The van der Waals surface area contributed by atoms with Gasteiger partial charge in [-0.1, -0.05) is 56.7 Å². The van der Waals surface area contributed by atoms with E-state index in [1.807, 2.05) is 26.0 Å². The number of phenols is 1. The number of hydrogen-bond acceptors (Lipinski definition) is 2. The van der Waals surface area contributed by atoms with Crippen LogP contribution in [0, 0.1) is 12.3 Å². The van der Waals surface area contributed by atoms with E-state index in [9.17, 15) is 5.11 Å². The SMILES string of the molecule is CC.Cc1ccccc1C1=C(c2ccc3[nH]c(CN4CC5(CCC5)C4)cc3c2)c2ccc(O)cc2CCC1. The van der Waals surface area contributed by atoms with Crippen molar-refractivity contribution < 1.29 is 5.11 Å². The van der Waals surface area contributed by atoms with Gasteiger partial charge in [-0.15, -0.1) is 0 Å². The van der Waals surface area contributed by atoms with Crippen molar-refractivity contribution in [3.05, 3.63) is 100 Å². The number of hydrogen-bond donors (Lipinski definition) is 2. The van der Waals surface area contributed by atoms with Crippen LogP contribution in [-0.2, 0) is 13.0 Å². The average molecular weight is 505 g/mol. The van der Waals surface area contributed by atoms with Crippen molar-refractivity contribution in [2.45, 2.75) is 65.8 Å². The van der Waals surface area contributed by atoms with Crippen LogP contribution < -0.4 is 0 Å². The fourth-order valence-corrected chi connectivity index (χ4v) is 6.97. The number of nitrogens with zero attached hydrogens (tertiary/aromatic N) is 1. The number of rotatable bonds is 4. The Morgan fingerprint density at radius 3 is 2.45 bits per heavy atom. The van der Waals surface area contributed by atoms with Crippen LogP contribution in [0.3, 0.4) is 0 Å². The maximum absolute atomic E-state index is 10.2. The molecule has 1 saturated heterocycles. The maximum atomic E-state index is 10.2. The number of aromatic nitrogens is 1. The summed E-state index contributed by atoms with van der Waals surface area (Å²) in [6.07, 6.45) is 7.37. The Labute approximate surface area is 227 Å². The second kappa shape index (κ2) is 10.1. The third kappa shape index (κ3) is 4.47. The highest BCUT2D eigenvalue weighted by molar-refractivity contribution is 6.02. The highest BCUT2D eigenvalue weighted by atomic mass is 16.3. The number of benzene rings is 3. The van der Waals surface area contributed by atoms with Crippen LogP contribution >= 0.6 is 0 Å². The average Bonchev–Trinajstić information content (AvgIpc) is 3.19. The molecule has 0 unspecified atom stereocenters. The van der Waals surface area contributed by atoms with Crippen LogP contribution in [0.15, 0.2) is 66.7 Å². The second-order valence-corrected chi connectivity index (χ2v) is 11.5. The van der Waals surface area contributed by atoms with Gasteiger partial charge in [0, 0.05) is 36.2 Å². The molecule has 3 aliphatic rings. The quantitative estimate of drug-likeness (QED) is 0.292. The smallest absolute Gasteiger partial charge is 0.115 e. The molecule has 0 bridgehead atoms. The van der Waals surface area contributed by atoms with E-state index in [-0.39, 0.29) is 0 Å². The number of allylic oxidation sites excluding steroid dienone is 1. The Kier molecular flexibility index (Phi) is 6.65. The summed E-state index contributed by atoms with van der Waals surface area (Å²) in [5, 5.41) is 11.5. The van der Waals surface area contributed by atoms with E-state index in [2.05, 4.69) is 71.4 Å². The zero-order chi connectivity index (χ0) is 26.3. The van der Waals surface area contributed by atoms with Crippen molar-refractivity contribution in [2.24, 2.45) is 5.41 Å². The molecule has 0 amide bonds. The van der Waals surface area contributed by atoms with Crippen molar-refractivity contribution >= 4 is 22.0 Å². The molecule has 3 heteroatoms. The molecule has 2 N–H and O–H groups in total. The normalized spacial score (nSPS) is 18.3. The van der Waals surface area contributed by atoms with Gasteiger partial charge >= 0.3 is 0 Å². The summed E-state index contributed by atoms with van der Waals surface area (Å²) < 4.78 is 0. The van der Waals surface area contributed by atoms with Crippen molar-refractivity contribution in [3.63, 3.8) is 0 Å². The van der Waals surface area contributed by atoms with E-state index in [1.165, 1.54) is 87.9 Å². The number of aromatic hydroxyl groups is 1. The summed E-state index contributed by atoms with van der Waals surface area (Å²) in [5.41, 5.74) is 12.3. The van der Waals surface area contributed by atoms with E-state index < -0.39 is 0 Å². The number of fused-ring (bicyclic) bond motifs is 2. The first-order valence-corrected chi connectivity index (χ1v) is 14.5. The first-order chi connectivity index (χ1) is 18.6. The van der Waals surface area contributed by atoms with E-state index in [4.69, 9.17) is 0 Å². The monoisotopic (exact) mass is 504 g/mol. The molecule has 196 valence electrons. The van der Waals surface area contributed by atoms with Gasteiger partial charge < -0.3 is 10.1 Å². The predicted molar refractivity (Wildman–Crippen MR) is 159 cm³/mol. The molecule has 3 nitrogen and oxygen atoms in total. The van der Waals surface area contributed by atoms with Crippen molar-refractivity contribution in [3.8, 4) is 5.75 Å². The van der Waals surface area contributed by atoms with E-state index in [0.29, 0.717) is 11.2 Å². The van der Waals surface area contributed by atoms with Crippen molar-refractivity contribution in [1.29, 1.82) is 0 Å². The minimum atomic E-state index is 0.354. The molecular formula is C35H40N2O. The molecule has 0 atom stereocenters. The lowest BCUT2D eigenvalue weighted by Crippen LogP contribution is -2.58. The van der Waals surface area contributed by atoms with Gasteiger partial charge in [0.05, 0.1) is 0 Å². The first kappa shape index (κ1) is 25.0. The fourth-order valence-electron chi connectivity index (χ4n) is 6.97. The molecule has 1 saturated carbocycles. The lowest BCUT2D eigenvalue weighted by molar-refractivity contribution is -0.0649. The number of aryl methyl sites for hydroxylation is 2. The Balaban J connectivity index is 0.00000129.